The summed E-state index contributed by atoms with van der Waals surface area (Å²) >= 11 is 0. The van der Waals surface area contributed by atoms with Gasteiger partial charge >= 0.3 is 16.3 Å². The smallest absolute Gasteiger partial charge is 0.343 e. The fourth-order valence-corrected chi connectivity index (χ4v) is 4.07. The van der Waals surface area contributed by atoms with Crippen molar-refractivity contribution < 1.29 is 22.0 Å². The number of nitrogens with two attached hydrogens (primary N) is 2. The first-order valence-electron chi connectivity index (χ1n) is 8.62. The molecule has 3 unspecified atom stereocenters. The van der Waals surface area contributed by atoms with Gasteiger partial charge in [-0.25, -0.2) is 4.28 Å². The number of piperidine rings is 1. The first kappa shape index (κ1) is 19.5. The van der Waals surface area contributed by atoms with Crippen molar-refractivity contribution in [2.45, 2.75) is 52.5 Å². The Morgan fingerprint density at radius 2 is 2.00 bits per heavy atom. The van der Waals surface area contributed by atoms with Gasteiger partial charge in [-0.15, -0.1) is 0 Å². The minimum absolute atomic E-state index is 0.0540. The molecule has 1 aliphatic rings. The number of nitrogens with zero attached hydrogens (tertiary/aromatic N) is 3. The van der Waals surface area contributed by atoms with Crippen LogP contribution in [-0.2, 0) is 10.4 Å². The lowest BCUT2D eigenvalue weighted by molar-refractivity contribution is -0.835. The molecule has 1 aliphatic heterocycles. The topological polar surface area (TPSA) is 136 Å². The lowest BCUT2D eigenvalue weighted by atomic mass is 9.79. The molecule has 0 saturated carbocycles. The van der Waals surface area contributed by atoms with Crippen LogP contribution >= 0.6 is 0 Å². The van der Waals surface area contributed by atoms with E-state index < -0.39 is 10.4 Å². The fourth-order valence-electron chi connectivity index (χ4n) is 3.72. The summed E-state index contributed by atoms with van der Waals surface area (Å²) in [5.41, 5.74) is 11.7. The molecule has 0 aromatic carbocycles. The monoisotopic (exact) mass is 374 g/mol. The quantitative estimate of drug-likeness (QED) is 0.491. The number of hydrogen-bond donors (Lipinski definition) is 3. The van der Waals surface area contributed by atoms with E-state index in [2.05, 4.69) is 34.9 Å². The maximum atomic E-state index is 10.9. The molecule has 1 fully saturated rings. The molecule has 9 nitrogen and oxygen atoms in total. The van der Waals surface area contributed by atoms with Gasteiger partial charge < -0.3 is 16.4 Å². The fraction of sp³-hybridized carbons (Fsp3) is 0.733. The Kier molecular flexibility index (Phi) is 5.94. The molecule has 3 atom stereocenters. The summed E-state index contributed by atoms with van der Waals surface area (Å²) in [6.45, 7) is 7.36. The van der Waals surface area contributed by atoms with Crippen LogP contribution in [0, 0.1) is 11.8 Å². The van der Waals surface area contributed by atoms with E-state index in [9.17, 15) is 8.42 Å². The van der Waals surface area contributed by atoms with Gasteiger partial charge in [0.05, 0.1) is 6.07 Å². The van der Waals surface area contributed by atoms with Gasteiger partial charge in [-0.1, -0.05) is 38.6 Å². The van der Waals surface area contributed by atoms with Crippen molar-refractivity contribution in [1.29, 1.82) is 0 Å². The van der Waals surface area contributed by atoms with Crippen LogP contribution in [0.5, 0.6) is 0 Å². The summed E-state index contributed by atoms with van der Waals surface area (Å²) in [5.74, 6) is 1.40. The largest absolute Gasteiger partial charge is 0.474 e. The zero-order chi connectivity index (χ0) is 18.8. The van der Waals surface area contributed by atoms with E-state index >= 15 is 0 Å². The highest BCUT2D eigenvalue weighted by Gasteiger charge is 2.36. The van der Waals surface area contributed by atoms with E-state index in [1.165, 1.54) is 12.5 Å². The van der Waals surface area contributed by atoms with E-state index in [-0.39, 0.29) is 11.8 Å². The van der Waals surface area contributed by atoms with Crippen LogP contribution in [0.2, 0.25) is 0 Å². The third-order valence-electron chi connectivity index (χ3n) is 4.97. The molecule has 0 bridgehead atoms. The van der Waals surface area contributed by atoms with Crippen molar-refractivity contribution in [2.24, 2.45) is 11.8 Å². The van der Waals surface area contributed by atoms with Gasteiger partial charge in [0.25, 0.3) is 0 Å². The van der Waals surface area contributed by atoms with Crippen molar-refractivity contribution in [3.63, 3.8) is 0 Å². The van der Waals surface area contributed by atoms with Gasteiger partial charge in [0.2, 0.25) is 5.82 Å². The minimum Gasteiger partial charge on any atom is -0.343 e. The van der Waals surface area contributed by atoms with Gasteiger partial charge in [-0.05, 0) is 29.4 Å². The van der Waals surface area contributed by atoms with Crippen molar-refractivity contribution in [2.75, 3.05) is 22.9 Å². The second-order valence-corrected chi connectivity index (χ2v) is 7.50. The number of nitrogen functional groups attached to an aromatic ring is 2. The summed E-state index contributed by atoms with van der Waals surface area (Å²) in [6.07, 6.45) is 4.31. The van der Waals surface area contributed by atoms with Crippen LogP contribution in [0.1, 0.15) is 46.5 Å². The minimum atomic E-state index is -4.75. The van der Waals surface area contributed by atoms with Gasteiger partial charge in [0.15, 0.2) is 5.82 Å². The van der Waals surface area contributed by atoms with Crippen LogP contribution in [0.4, 0.5) is 17.6 Å². The predicted molar refractivity (Wildman–Crippen MR) is 95.0 cm³/mol. The average molecular weight is 374 g/mol. The number of aromatic nitrogens is 2. The predicted octanol–water partition coefficient (Wildman–Crippen LogP) is 0.806. The lowest BCUT2D eigenvalue weighted by Gasteiger charge is -2.44. The highest BCUT2D eigenvalue weighted by Crippen LogP contribution is 2.35. The highest BCUT2D eigenvalue weighted by atomic mass is 32.3. The van der Waals surface area contributed by atoms with E-state index in [4.69, 9.17) is 16.0 Å². The van der Waals surface area contributed by atoms with E-state index in [0.717, 1.165) is 25.8 Å². The van der Waals surface area contributed by atoms with E-state index in [1.54, 1.807) is 0 Å². The Hall–Kier alpha value is -1.81. The first-order valence-corrected chi connectivity index (χ1v) is 9.98. The summed E-state index contributed by atoms with van der Waals surface area (Å²) in [6, 6.07) is 1.84. The van der Waals surface area contributed by atoms with Gasteiger partial charge in [-0.3, -0.25) is 4.55 Å². The number of anilines is 3. The molecule has 1 aromatic rings. The molecular formula is C15H28N5O4S+. The maximum absolute atomic E-state index is 10.9. The molecular weight excluding hydrogens is 346 g/mol. The Morgan fingerprint density at radius 3 is 2.48 bits per heavy atom. The Morgan fingerprint density at radius 1 is 1.32 bits per heavy atom. The van der Waals surface area contributed by atoms with E-state index in [1.807, 2.05) is 0 Å². The molecule has 10 heteroatoms. The molecule has 2 heterocycles. The Labute approximate surface area is 148 Å². The van der Waals surface area contributed by atoms with Crippen LogP contribution < -0.4 is 25.4 Å². The van der Waals surface area contributed by atoms with Gasteiger partial charge in [-0.2, -0.15) is 8.42 Å². The lowest BCUT2D eigenvalue weighted by Crippen LogP contribution is -2.52. The zero-order valence-corrected chi connectivity index (χ0v) is 15.7. The standard InChI is InChI=1S/C15H27N5O4S/c1-4-10-7-11(5-2)12(6-3)19(9-10)14-8-13(16)20(15(17)18-14)24-25(21,22)23/h8,10-12H,4-7,9H2,1-3H3,(H4,16,17,18,21,22,23)/p+1. The number of rotatable bonds is 6. The summed E-state index contributed by atoms with van der Waals surface area (Å²) in [7, 11) is -4.75. The zero-order valence-electron chi connectivity index (χ0n) is 14.9. The second kappa shape index (κ2) is 7.61. The number of hydrogen-bond acceptors (Lipinski definition) is 7. The molecule has 0 spiro atoms. The Bertz CT molecular complexity index is 689. The first-order chi connectivity index (χ1) is 11.7. The molecule has 0 aliphatic carbocycles. The highest BCUT2D eigenvalue weighted by molar-refractivity contribution is 7.80. The SMILES string of the molecule is CCC1CC(CC)C(CC)N(c2cc(N)[n+](OS(=O)(=O)O)c(N)n2)C1. The van der Waals surface area contributed by atoms with E-state index in [0.29, 0.717) is 28.4 Å². The van der Waals surface area contributed by atoms with Crippen molar-refractivity contribution in [3.8, 4) is 0 Å². The maximum Gasteiger partial charge on any atom is 0.474 e. The van der Waals surface area contributed by atoms with Gasteiger partial charge in [0.1, 0.15) is 0 Å². The Balaban J connectivity index is 2.41. The molecule has 0 radical (unpaired) electrons. The third kappa shape index (κ3) is 4.43. The molecule has 142 valence electrons. The second-order valence-electron chi connectivity index (χ2n) is 6.50. The van der Waals surface area contributed by atoms with Crippen LogP contribution in [-0.4, -0.2) is 30.5 Å². The normalized spacial score (nSPS) is 24.3. The van der Waals surface area contributed by atoms with Crippen LogP contribution in [0.15, 0.2) is 6.07 Å². The molecule has 1 saturated heterocycles. The summed E-state index contributed by atoms with van der Waals surface area (Å²) in [5, 5.41) is 0. The van der Waals surface area contributed by atoms with Gasteiger partial charge in [0, 0.05) is 12.6 Å². The molecule has 2 rings (SSSR count). The third-order valence-corrected chi connectivity index (χ3v) is 5.30. The molecule has 1 aromatic heterocycles. The molecule has 5 N–H and O–H groups in total. The van der Waals surface area contributed by atoms with Crippen molar-refractivity contribution in [3.05, 3.63) is 6.07 Å². The molecule has 0 amide bonds. The average Bonchev–Trinajstić information content (AvgIpc) is 2.55. The van der Waals surface area contributed by atoms with Crippen molar-refractivity contribution >= 4 is 28.0 Å². The van der Waals surface area contributed by atoms with Crippen LogP contribution in [0.25, 0.3) is 0 Å². The molecule has 25 heavy (non-hydrogen) atoms. The van der Waals surface area contributed by atoms with Crippen LogP contribution in [0.3, 0.4) is 0 Å². The van der Waals surface area contributed by atoms with Crippen molar-refractivity contribution in [1.82, 2.24) is 4.98 Å². The summed E-state index contributed by atoms with van der Waals surface area (Å²) < 4.78 is 35.6. The summed E-state index contributed by atoms with van der Waals surface area (Å²) in [4.78, 5) is 6.47.